The van der Waals surface area contributed by atoms with E-state index < -0.39 is 0 Å². The van der Waals surface area contributed by atoms with Gasteiger partial charge in [0, 0.05) is 17.1 Å². The molecule has 0 aliphatic rings. The quantitative estimate of drug-likeness (QED) is 0.184. The Kier molecular flexibility index (Phi) is 5.95. The van der Waals surface area contributed by atoms with Crippen molar-refractivity contribution in [1.29, 1.82) is 5.26 Å². The van der Waals surface area contributed by atoms with Crippen molar-refractivity contribution >= 4 is 50.3 Å². The topological polar surface area (TPSA) is 27.0 Å². The minimum absolute atomic E-state index is 0.638. The summed E-state index contributed by atoms with van der Waals surface area (Å²) in [4.78, 5) is 2.25. The SMILES string of the molecule is N#C/C(=C/c1ccc2ccccc2c1)c1ccc(N(c2ccccc2)c2ccc3ccccc3c2)cc1. The first-order valence-corrected chi connectivity index (χ1v) is 12.3. The highest BCUT2D eigenvalue weighted by atomic mass is 15.1. The van der Waals surface area contributed by atoms with E-state index in [2.05, 4.69) is 120 Å². The van der Waals surface area contributed by atoms with E-state index >= 15 is 0 Å². The van der Waals surface area contributed by atoms with Crippen LogP contribution >= 0.6 is 0 Å². The van der Waals surface area contributed by atoms with Crippen molar-refractivity contribution in [3.63, 3.8) is 0 Å². The Labute approximate surface area is 217 Å². The number of nitriles is 1. The Morgan fingerprint density at radius 3 is 1.73 bits per heavy atom. The van der Waals surface area contributed by atoms with Crippen LogP contribution in [-0.2, 0) is 0 Å². The summed E-state index contributed by atoms with van der Waals surface area (Å²) in [6.07, 6.45) is 1.96. The van der Waals surface area contributed by atoms with Crippen LogP contribution in [0, 0.1) is 11.3 Å². The molecule has 0 aromatic heterocycles. The minimum Gasteiger partial charge on any atom is -0.310 e. The van der Waals surface area contributed by atoms with Gasteiger partial charge in [-0.05, 0) is 81.2 Å². The molecule has 0 aliphatic carbocycles. The summed E-state index contributed by atoms with van der Waals surface area (Å²) >= 11 is 0. The highest BCUT2D eigenvalue weighted by Crippen LogP contribution is 2.36. The van der Waals surface area contributed by atoms with Gasteiger partial charge in [-0.2, -0.15) is 5.26 Å². The fourth-order valence-corrected chi connectivity index (χ4v) is 4.77. The molecule has 0 aliphatic heterocycles. The van der Waals surface area contributed by atoms with Gasteiger partial charge in [-0.3, -0.25) is 0 Å². The van der Waals surface area contributed by atoms with Gasteiger partial charge in [-0.25, -0.2) is 0 Å². The standard InChI is InChI=1S/C35H24N2/c36-25-32(23-26-14-15-27-8-4-6-10-30(27)22-26)29-16-19-34(20-17-29)37(33-12-2-1-3-13-33)35-21-18-28-9-5-7-11-31(28)24-35/h1-24H/b32-23-. The molecule has 6 aromatic carbocycles. The molecule has 6 aromatic rings. The van der Waals surface area contributed by atoms with Crippen LogP contribution < -0.4 is 4.90 Å². The molecule has 0 amide bonds. The van der Waals surface area contributed by atoms with Gasteiger partial charge >= 0.3 is 0 Å². The van der Waals surface area contributed by atoms with Crippen LogP contribution in [0.4, 0.5) is 17.1 Å². The summed E-state index contributed by atoms with van der Waals surface area (Å²) < 4.78 is 0. The summed E-state index contributed by atoms with van der Waals surface area (Å²) in [6, 6.07) is 50.5. The summed E-state index contributed by atoms with van der Waals surface area (Å²) in [5.74, 6) is 0. The Morgan fingerprint density at radius 1 is 0.514 bits per heavy atom. The maximum atomic E-state index is 9.96. The van der Waals surface area contributed by atoms with E-state index in [1.165, 1.54) is 16.2 Å². The summed E-state index contributed by atoms with van der Waals surface area (Å²) in [7, 11) is 0. The molecule has 0 spiro atoms. The highest BCUT2D eigenvalue weighted by Gasteiger charge is 2.13. The number of benzene rings is 6. The van der Waals surface area contributed by atoms with Gasteiger partial charge in [0.15, 0.2) is 0 Å². The predicted octanol–water partition coefficient (Wildman–Crippen LogP) is 9.53. The lowest BCUT2D eigenvalue weighted by Crippen LogP contribution is -2.09. The minimum atomic E-state index is 0.638. The maximum Gasteiger partial charge on any atom is 0.0998 e. The van der Waals surface area contributed by atoms with Crippen molar-refractivity contribution in [3.05, 3.63) is 151 Å². The molecule has 0 saturated heterocycles. The molecule has 0 radical (unpaired) electrons. The third-order valence-corrected chi connectivity index (χ3v) is 6.65. The van der Waals surface area contributed by atoms with Crippen LogP contribution in [0.25, 0.3) is 33.2 Å². The number of para-hydroxylation sites is 1. The van der Waals surface area contributed by atoms with E-state index in [1.54, 1.807) is 0 Å². The van der Waals surface area contributed by atoms with Crippen LogP contribution in [0.5, 0.6) is 0 Å². The first-order valence-electron chi connectivity index (χ1n) is 12.3. The van der Waals surface area contributed by atoms with Crippen molar-refractivity contribution < 1.29 is 0 Å². The lowest BCUT2D eigenvalue weighted by atomic mass is 10.0. The molecule has 0 atom stereocenters. The fraction of sp³-hybridized carbons (Fsp3) is 0. The zero-order valence-electron chi connectivity index (χ0n) is 20.3. The van der Waals surface area contributed by atoms with Crippen molar-refractivity contribution in [2.75, 3.05) is 4.90 Å². The number of nitrogens with zero attached hydrogens (tertiary/aromatic N) is 2. The number of allylic oxidation sites excluding steroid dienone is 1. The average Bonchev–Trinajstić information content (AvgIpc) is 2.97. The van der Waals surface area contributed by atoms with Crippen molar-refractivity contribution in [1.82, 2.24) is 0 Å². The maximum absolute atomic E-state index is 9.96. The van der Waals surface area contributed by atoms with Gasteiger partial charge in [0.05, 0.1) is 11.6 Å². The zero-order chi connectivity index (χ0) is 25.0. The second-order valence-electron chi connectivity index (χ2n) is 9.03. The Morgan fingerprint density at radius 2 is 1.05 bits per heavy atom. The van der Waals surface area contributed by atoms with E-state index in [4.69, 9.17) is 0 Å². The molecule has 0 saturated carbocycles. The number of anilines is 3. The first kappa shape index (κ1) is 22.3. The zero-order valence-corrected chi connectivity index (χ0v) is 20.3. The summed E-state index contributed by atoms with van der Waals surface area (Å²) in [5.41, 5.74) is 5.75. The second kappa shape index (κ2) is 9.85. The Hall–Kier alpha value is -5.13. The Balaban J connectivity index is 1.38. The molecule has 0 N–H and O–H groups in total. The second-order valence-corrected chi connectivity index (χ2v) is 9.03. The molecule has 2 nitrogen and oxygen atoms in total. The van der Waals surface area contributed by atoms with E-state index in [0.29, 0.717) is 5.57 Å². The van der Waals surface area contributed by atoms with Crippen LogP contribution in [0.2, 0.25) is 0 Å². The van der Waals surface area contributed by atoms with Crippen LogP contribution in [0.15, 0.2) is 140 Å². The molecule has 174 valence electrons. The van der Waals surface area contributed by atoms with E-state index in [-0.39, 0.29) is 0 Å². The normalized spacial score (nSPS) is 11.4. The third-order valence-electron chi connectivity index (χ3n) is 6.65. The smallest absolute Gasteiger partial charge is 0.0998 e. The molecule has 0 heterocycles. The van der Waals surface area contributed by atoms with Crippen LogP contribution in [0.3, 0.4) is 0 Å². The number of rotatable bonds is 5. The van der Waals surface area contributed by atoms with Crippen LogP contribution in [0.1, 0.15) is 11.1 Å². The largest absolute Gasteiger partial charge is 0.310 e. The molecule has 6 rings (SSSR count). The monoisotopic (exact) mass is 472 g/mol. The number of hydrogen-bond acceptors (Lipinski definition) is 2. The third kappa shape index (κ3) is 4.59. The van der Waals surface area contributed by atoms with E-state index in [0.717, 1.165) is 33.6 Å². The van der Waals surface area contributed by atoms with Crippen molar-refractivity contribution in [3.8, 4) is 6.07 Å². The fourth-order valence-electron chi connectivity index (χ4n) is 4.77. The van der Waals surface area contributed by atoms with Gasteiger partial charge in [0.1, 0.15) is 0 Å². The van der Waals surface area contributed by atoms with Crippen molar-refractivity contribution in [2.45, 2.75) is 0 Å². The molecule has 2 heteroatoms. The molecular formula is C35H24N2. The summed E-state index contributed by atoms with van der Waals surface area (Å²) in [6.45, 7) is 0. The van der Waals surface area contributed by atoms with Gasteiger partial charge < -0.3 is 4.90 Å². The molecule has 0 bridgehead atoms. The van der Waals surface area contributed by atoms with E-state index in [9.17, 15) is 5.26 Å². The predicted molar refractivity (Wildman–Crippen MR) is 156 cm³/mol. The van der Waals surface area contributed by atoms with Gasteiger partial charge in [-0.1, -0.05) is 97.1 Å². The first-order chi connectivity index (χ1) is 18.3. The molecular weight excluding hydrogens is 448 g/mol. The lowest BCUT2D eigenvalue weighted by molar-refractivity contribution is 1.29. The lowest BCUT2D eigenvalue weighted by Gasteiger charge is -2.26. The van der Waals surface area contributed by atoms with Gasteiger partial charge in [0.25, 0.3) is 0 Å². The van der Waals surface area contributed by atoms with Gasteiger partial charge in [0.2, 0.25) is 0 Å². The molecule has 0 fully saturated rings. The van der Waals surface area contributed by atoms with E-state index in [1.807, 2.05) is 36.4 Å². The van der Waals surface area contributed by atoms with Gasteiger partial charge in [-0.15, -0.1) is 0 Å². The van der Waals surface area contributed by atoms with Crippen LogP contribution in [-0.4, -0.2) is 0 Å². The molecule has 37 heavy (non-hydrogen) atoms. The summed E-state index contributed by atoms with van der Waals surface area (Å²) in [5, 5.41) is 14.7. The number of fused-ring (bicyclic) bond motifs is 2. The average molecular weight is 473 g/mol. The highest BCUT2D eigenvalue weighted by molar-refractivity contribution is 5.93. The van der Waals surface area contributed by atoms with Crippen molar-refractivity contribution in [2.24, 2.45) is 0 Å². The number of hydrogen-bond donors (Lipinski definition) is 0. The molecule has 0 unspecified atom stereocenters. The Bertz CT molecular complexity index is 1770.